The molecule has 0 saturated carbocycles. The highest BCUT2D eigenvalue weighted by Crippen LogP contribution is 2.19. The maximum absolute atomic E-state index is 12.5. The molecule has 0 bridgehead atoms. The van der Waals surface area contributed by atoms with Gasteiger partial charge in [-0.1, -0.05) is 54.6 Å². The zero-order valence-electron chi connectivity index (χ0n) is 13.1. The number of carbonyl (C=O) groups is 1. The van der Waals surface area contributed by atoms with Crippen molar-refractivity contribution < 1.29 is 9.53 Å². The SMILES string of the molecule is COc1ccccc1CCNC(=O)c1cccc2ccccc12. The minimum Gasteiger partial charge on any atom is -0.496 e. The standard InChI is InChI=1S/C20H19NO2/c1-23-19-12-5-3-8-16(19)13-14-21-20(22)18-11-6-9-15-7-2-4-10-17(15)18/h2-12H,13-14H2,1H3,(H,21,22). The predicted octanol–water partition coefficient (Wildman–Crippen LogP) is 3.82. The van der Waals surface area contributed by atoms with Gasteiger partial charge < -0.3 is 10.1 Å². The topological polar surface area (TPSA) is 38.3 Å². The van der Waals surface area contributed by atoms with Gasteiger partial charge in [0, 0.05) is 12.1 Å². The number of ether oxygens (including phenoxy) is 1. The van der Waals surface area contributed by atoms with E-state index in [4.69, 9.17) is 4.74 Å². The van der Waals surface area contributed by atoms with Crippen molar-refractivity contribution in [3.05, 3.63) is 77.9 Å². The van der Waals surface area contributed by atoms with Crippen LogP contribution >= 0.6 is 0 Å². The smallest absolute Gasteiger partial charge is 0.251 e. The normalized spacial score (nSPS) is 10.5. The first-order chi connectivity index (χ1) is 11.3. The second-order valence-electron chi connectivity index (χ2n) is 5.34. The lowest BCUT2D eigenvalue weighted by Gasteiger charge is -2.10. The van der Waals surface area contributed by atoms with Gasteiger partial charge in [0.25, 0.3) is 5.91 Å². The lowest BCUT2D eigenvalue weighted by atomic mass is 10.0. The van der Waals surface area contributed by atoms with Gasteiger partial charge in [-0.2, -0.15) is 0 Å². The third-order valence-corrected chi connectivity index (χ3v) is 3.91. The van der Waals surface area contributed by atoms with Gasteiger partial charge in [0.05, 0.1) is 7.11 Å². The summed E-state index contributed by atoms with van der Waals surface area (Å²) in [5.74, 6) is 0.809. The molecule has 3 aromatic rings. The Morgan fingerprint density at radius 2 is 1.70 bits per heavy atom. The van der Waals surface area contributed by atoms with E-state index in [0.717, 1.165) is 28.5 Å². The van der Waals surface area contributed by atoms with Crippen LogP contribution in [-0.4, -0.2) is 19.6 Å². The van der Waals surface area contributed by atoms with Crippen molar-refractivity contribution in [2.45, 2.75) is 6.42 Å². The quantitative estimate of drug-likeness (QED) is 0.778. The van der Waals surface area contributed by atoms with Crippen molar-refractivity contribution >= 4 is 16.7 Å². The molecule has 3 aromatic carbocycles. The van der Waals surface area contributed by atoms with Crippen LogP contribution in [0, 0.1) is 0 Å². The van der Waals surface area contributed by atoms with Crippen molar-refractivity contribution in [3.63, 3.8) is 0 Å². The van der Waals surface area contributed by atoms with E-state index < -0.39 is 0 Å². The van der Waals surface area contributed by atoms with E-state index in [1.807, 2.05) is 66.7 Å². The molecule has 0 radical (unpaired) electrons. The molecule has 0 aliphatic carbocycles. The Morgan fingerprint density at radius 1 is 0.957 bits per heavy atom. The molecule has 116 valence electrons. The summed E-state index contributed by atoms with van der Waals surface area (Å²) in [5.41, 5.74) is 1.80. The largest absolute Gasteiger partial charge is 0.496 e. The van der Waals surface area contributed by atoms with Gasteiger partial charge in [-0.05, 0) is 34.9 Å². The number of rotatable bonds is 5. The number of nitrogens with one attached hydrogen (secondary N) is 1. The summed E-state index contributed by atoms with van der Waals surface area (Å²) in [6.07, 6.45) is 0.737. The monoisotopic (exact) mass is 305 g/mol. The Morgan fingerprint density at radius 3 is 2.57 bits per heavy atom. The lowest BCUT2D eigenvalue weighted by Crippen LogP contribution is -2.26. The summed E-state index contributed by atoms with van der Waals surface area (Å²) in [5, 5.41) is 5.05. The highest BCUT2D eigenvalue weighted by Gasteiger charge is 2.09. The van der Waals surface area contributed by atoms with Gasteiger partial charge in [0.15, 0.2) is 0 Å². The van der Waals surface area contributed by atoms with Crippen LogP contribution in [0.4, 0.5) is 0 Å². The van der Waals surface area contributed by atoms with Crippen LogP contribution in [0.15, 0.2) is 66.7 Å². The molecule has 3 heteroatoms. The summed E-state index contributed by atoms with van der Waals surface area (Å²) in [7, 11) is 1.66. The van der Waals surface area contributed by atoms with E-state index in [1.54, 1.807) is 7.11 Å². The summed E-state index contributed by atoms with van der Waals surface area (Å²) < 4.78 is 5.33. The Balaban J connectivity index is 1.70. The third kappa shape index (κ3) is 3.34. The molecule has 0 unspecified atom stereocenters. The second kappa shape index (κ2) is 6.97. The number of amides is 1. The molecule has 0 aliphatic rings. The maximum Gasteiger partial charge on any atom is 0.251 e. The Bertz CT molecular complexity index is 821. The van der Waals surface area contributed by atoms with Crippen LogP contribution < -0.4 is 10.1 Å². The van der Waals surface area contributed by atoms with Crippen LogP contribution in [0.5, 0.6) is 5.75 Å². The van der Waals surface area contributed by atoms with Gasteiger partial charge in [0.2, 0.25) is 0 Å². The second-order valence-corrected chi connectivity index (χ2v) is 5.34. The highest BCUT2D eigenvalue weighted by molar-refractivity contribution is 6.06. The van der Waals surface area contributed by atoms with Crippen molar-refractivity contribution in [2.24, 2.45) is 0 Å². The predicted molar refractivity (Wildman–Crippen MR) is 93.0 cm³/mol. The first-order valence-corrected chi connectivity index (χ1v) is 7.67. The fraction of sp³-hybridized carbons (Fsp3) is 0.150. The van der Waals surface area contributed by atoms with Gasteiger partial charge in [-0.15, -0.1) is 0 Å². The van der Waals surface area contributed by atoms with Gasteiger partial charge in [-0.3, -0.25) is 4.79 Å². The maximum atomic E-state index is 12.5. The minimum atomic E-state index is -0.0447. The summed E-state index contributed by atoms with van der Waals surface area (Å²) >= 11 is 0. The van der Waals surface area contributed by atoms with Crippen LogP contribution in [-0.2, 0) is 6.42 Å². The molecule has 23 heavy (non-hydrogen) atoms. The molecule has 3 rings (SSSR count). The fourth-order valence-electron chi connectivity index (χ4n) is 2.74. The van der Waals surface area contributed by atoms with Crippen molar-refractivity contribution in [1.29, 1.82) is 0 Å². The molecular formula is C20H19NO2. The molecule has 0 spiro atoms. The minimum absolute atomic E-state index is 0.0447. The molecule has 0 heterocycles. The van der Waals surface area contributed by atoms with Gasteiger partial charge in [-0.25, -0.2) is 0 Å². The average Bonchev–Trinajstić information content (AvgIpc) is 2.61. The number of carbonyl (C=O) groups excluding carboxylic acids is 1. The van der Waals surface area contributed by atoms with Crippen molar-refractivity contribution in [2.75, 3.05) is 13.7 Å². The number of hydrogen-bond acceptors (Lipinski definition) is 2. The molecule has 3 nitrogen and oxygen atoms in total. The zero-order chi connectivity index (χ0) is 16.1. The van der Waals surface area contributed by atoms with E-state index >= 15 is 0 Å². The lowest BCUT2D eigenvalue weighted by molar-refractivity contribution is 0.0955. The Labute approximate surface area is 135 Å². The summed E-state index contributed by atoms with van der Waals surface area (Å²) in [4.78, 5) is 12.5. The summed E-state index contributed by atoms with van der Waals surface area (Å²) in [6.45, 7) is 0.572. The van der Waals surface area contributed by atoms with Crippen LogP contribution in [0.25, 0.3) is 10.8 Å². The highest BCUT2D eigenvalue weighted by atomic mass is 16.5. The van der Waals surface area contributed by atoms with Crippen LogP contribution in [0.3, 0.4) is 0 Å². The molecular weight excluding hydrogens is 286 g/mol. The van der Waals surface area contributed by atoms with Crippen LogP contribution in [0.1, 0.15) is 15.9 Å². The average molecular weight is 305 g/mol. The van der Waals surface area contributed by atoms with Crippen molar-refractivity contribution in [1.82, 2.24) is 5.32 Å². The molecule has 1 N–H and O–H groups in total. The molecule has 0 aliphatic heterocycles. The van der Waals surface area contributed by atoms with Crippen molar-refractivity contribution in [3.8, 4) is 5.75 Å². The van der Waals surface area contributed by atoms with E-state index in [-0.39, 0.29) is 5.91 Å². The first-order valence-electron chi connectivity index (χ1n) is 7.67. The molecule has 0 fully saturated rings. The number of para-hydroxylation sites is 1. The zero-order valence-corrected chi connectivity index (χ0v) is 13.1. The number of fused-ring (bicyclic) bond motifs is 1. The Kier molecular flexibility index (Phi) is 4.57. The third-order valence-electron chi connectivity index (χ3n) is 3.91. The molecule has 0 aromatic heterocycles. The van der Waals surface area contributed by atoms with Gasteiger partial charge in [0.1, 0.15) is 5.75 Å². The fourth-order valence-corrected chi connectivity index (χ4v) is 2.74. The number of hydrogen-bond donors (Lipinski definition) is 1. The van der Waals surface area contributed by atoms with E-state index in [0.29, 0.717) is 12.1 Å². The first kappa shape index (κ1) is 15.1. The van der Waals surface area contributed by atoms with Gasteiger partial charge >= 0.3 is 0 Å². The van der Waals surface area contributed by atoms with E-state index in [2.05, 4.69) is 5.32 Å². The molecule has 0 saturated heterocycles. The van der Waals surface area contributed by atoms with Crippen LogP contribution in [0.2, 0.25) is 0 Å². The number of benzene rings is 3. The summed E-state index contributed by atoms with van der Waals surface area (Å²) in [6, 6.07) is 21.6. The molecule has 1 amide bonds. The Hall–Kier alpha value is -2.81. The van der Waals surface area contributed by atoms with E-state index in [1.165, 1.54) is 0 Å². The molecule has 0 atom stereocenters. The van der Waals surface area contributed by atoms with E-state index in [9.17, 15) is 4.79 Å². The number of methoxy groups -OCH3 is 1.